The molecule has 0 bridgehead atoms. The fourth-order valence-electron chi connectivity index (χ4n) is 4.33. The van der Waals surface area contributed by atoms with Crippen molar-refractivity contribution < 1.29 is 13.9 Å². The molecule has 1 saturated heterocycles. The fourth-order valence-corrected chi connectivity index (χ4v) is 4.33. The molecule has 1 N–H and O–H groups in total. The summed E-state index contributed by atoms with van der Waals surface area (Å²) in [5.74, 6) is -0.486. The Hall–Kier alpha value is -2.78. The molecule has 138 valence electrons. The summed E-state index contributed by atoms with van der Waals surface area (Å²) < 4.78 is 26.9. The van der Waals surface area contributed by atoms with E-state index in [1.165, 1.54) is 12.5 Å². The first-order chi connectivity index (χ1) is 13.1. The summed E-state index contributed by atoms with van der Waals surface area (Å²) in [4.78, 5) is 2.38. The van der Waals surface area contributed by atoms with Gasteiger partial charge in [-0.2, -0.15) is 5.26 Å². The number of hydrogen-bond donors (Lipinski definition) is 1. The van der Waals surface area contributed by atoms with E-state index in [4.69, 9.17) is 14.7 Å². The molecule has 0 spiro atoms. The zero-order valence-corrected chi connectivity index (χ0v) is 15.0. The van der Waals surface area contributed by atoms with Crippen LogP contribution in [0.1, 0.15) is 30.9 Å². The van der Waals surface area contributed by atoms with Crippen LogP contribution in [-0.2, 0) is 5.79 Å². The maximum atomic E-state index is 14.6. The number of fused-ring (bicyclic) bond motifs is 2. The van der Waals surface area contributed by atoms with Gasteiger partial charge >= 0.3 is 0 Å². The zero-order valence-electron chi connectivity index (χ0n) is 15.0. The van der Waals surface area contributed by atoms with E-state index < -0.39 is 11.6 Å². The van der Waals surface area contributed by atoms with Crippen LogP contribution in [0.5, 0.6) is 11.5 Å². The highest BCUT2D eigenvalue weighted by atomic mass is 19.1. The Kier molecular flexibility index (Phi) is 3.56. The van der Waals surface area contributed by atoms with E-state index in [0.717, 1.165) is 25.2 Å². The van der Waals surface area contributed by atoms with Gasteiger partial charge in [-0.05, 0) is 43.2 Å². The number of nitriles is 1. The van der Waals surface area contributed by atoms with E-state index in [1.807, 2.05) is 24.3 Å². The number of anilines is 1. The van der Waals surface area contributed by atoms with Crippen molar-refractivity contribution in [1.29, 1.82) is 5.26 Å². The molecule has 3 aliphatic rings. The van der Waals surface area contributed by atoms with Crippen molar-refractivity contribution in [3.8, 4) is 17.6 Å². The summed E-state index contributed by atoms with van der Waals surface area (Å²) in [5, 5.41) is 12.5. The van der Waals surface area contributed by atoms with E-state index >= 15 is 0 Å². The molecule has 0 radical (unpaired) electrons. The van der Waals surface area contributed by atoms with Crippen molar-refractivity contribution in [2.45, 2.75) is 37.6 Å². The standard InChI is InChI=1S/C21H20FN3O2/c1-21(14-6-5-13(12-23)11-15(14)22)26-19-4-2-3-18(20(19)27-21)25-10-9-24-16-7-8-17(16)25/h2-6,11,16-17,24H,7-10H2,1H3/t16-,17+,21-/m0/s1. The number of nitrogens with one attached hydrogen (secondary N) is 1. The van der Waals surface area contributed by atoms with Crippen LogP contribution >= 0.6 is 0 Å². The molecule has 1 aliphatic carbocycles. The number of ether oxygens (including phenoxy) is 2. The monoisotopic (exact) mass is 365 g/mol. The van der Waals surface area contributed by atoms with E-state index in [1.54, 1.807) is 19.1 Å². The summed E-state index contributed by atoms with van der Waals surface area (Å²) in [6.07, 6.45) is 2.35. The van der Waals surface area contributed by atoms with Crippen LogP contribution in [0.3, 0.4) is 0 Å². The van der Waals surface area contributed by atoms with Crippen LogP contribution in [0, 0.1) is 17.1 Å². The molecule has 0 aromatic heterocycles. The zero-order chi connectivity index (χ0) is 18.6. The topological polar surface area (TPSA) is 57.5 Å². The Morgan fingerprint density at radius 2 is 2.15 bits per heavy atom. The van der Waals surface area contributed by atoms with Gasteiger partial charge in [0.2, 0.25) is 0 Å². The van der Waals surface area contributed by atoms with Crippen LogP contribution in [0.4, 0.5) is 10.1 Å². The van der Waals surface area contributed by atoms with Gasteiger partial charge in [0.05, 0.1) is 22.9 Å². The lowest BCUT2D eigenvalue weighted by Crippen LogP contribution is -2.63. The second-order valence-corrected chi connectivity index (χ2v) is 7.46. The summed E-state index contributed by atoms with van der Waals surface area (Å²) in [6.45, 7) is 3.56. The second kappa shape index (κ2) is 5.86. The van der Waals surface area contributed by atoms with Crippen molar-refractivity contribution in [2.24, 2.45) is 0 Å². The average molecular weight is 365 g/mol. The summed E-state index contributed by atoms with van der Waals surface area (Å²) in [6, 6.07) is 13.1. The molecule has 1 saturated carbocycles. The molecule has 0 amide bonds. The highest BCUT2D eigenvalue weighted by Gasteiger charge is 2.45. The third-order valence-corrected chi connectivity index (χ3v) is 5.85. The van der Waals surface area contributed by atoms with Gasteiger partial charge in [-0.25, -0.2) is 4.39 Å². The van der Waals surface area contributed by atoms with Gasteiger partial charge in [-0.3, -0.25) is 0 Å². The SMILES string of the molecule is C[C@]1(c2ccc(C#N)cc2F)Oc2cccc(N3CCN[C@H]4CC[C@H]43)c2O1. The fraction of sp³-hybridized carbons (Fsp3) is 0.381. The first-order valence-corrected chi connectivity index (χ1v) is 9.30. The number of halogens is 1. The molecule has 5 rings (SSSR count). The minimum Gasteiger partial charge on any atom is -0.444 e. The normalized spacial score (nSPS) is 28.3. The molecular formula is C21H20FN3O2. The summed E-state index contributed by atoms with van der Waals surface area (Å²) in [5.41, 5.74) is 1.56. The molecule has 2 aliphatic heterocycles. The van der Waals surface area contributed by atoms with Crippen molar-refractivity contribution in [3.63, 3.8) is 0 Å². The van der Waals surface area contributed by atoms with Crippen LogP contribution in [0.2, 0.25) is 0 Å². The molecule has 3 atom stereocenters. The molecule has 6 heteroatoms. The third-order valence-electron chi connectivity index (χ3n) is 5.85. The van der Waals surface area contributed by atoms with Gasteiger partial charge < -0.3 is 19.7 Å². The van der Waals surface area contributed by atoms with E-state index in [-0.39, 0.29) is 11.1 Å². The Labute approximate surface area is 157 Å². The Balaban J connectivity index is 1.51. The van der Waals surface area contributed by atoms with Gasteiger partial charge in [-0.15, -0.1) is 0 Å². The van der Waals surface area contributed by atoms with Crippen LogP contribution < -0.4 is 19.7 Å². The lowest BCUT2D eigenvalue weighted by atomic mass is 9.83. The van der Waals surface area contributed by atoms with Crippen LogP contribution in [0.25, 0.3) is 0 Å². The molecular weight excluding hydrogens is 345 g/mol. The van der Waals surface area contributed by atoms with Crippen LogP contribution in [-0.4, -0.2) is 25.2 Å². The lowest BCUT2D eigenvalue weighted by molar-refractivity contribution is -0.0706. The van der Waals surface area contributed by atoms with Crippen molar-refractivity contribution in [3.05, 3.63) is 53.3 Å². The van der Waals surface area contributed by atoms with Gasteiger partial charge in [0.1, 0.15) is 5.82 Å². The van der Waals surface area contributed by atoms with Gasteiger partial charge in [0, 0.05) is 32.1 Å². The molecule has 27 heavy (non-hydrogen) atoms. The minimum absolute atomic E-state index is 0.271. The Bertz CT molecular complexity index is 957. The highest BCUT2D eigenvalue weighted by molar-refractivity contribution is 5.67. The largest absolute Gasteiger partial charge is 0.444 e. The summed E-state index contributed by atoms with van der Waals surface area (Å²) >= 11 is 0. The number of hydrogen-bond acceptors (Lipinski definition) is 5. The number of piperazine rings is 1. The van der Waals surface area contributed by atoms with Crippen molar-refractivity contribution in [2.75, 3.05) is 18.0 Å². The van der Waals surface area contributed by atoms with E-state index in [2.05, 4.69) is 10.2 Å². The third kappa shape index (κ3) is 2.46. The molecule has 2 aromatic carbocycles. The first-order valence-electron chi connectivity index (χ1n) is 9.30. The molecule has 2 fully saturated rings. The van der Waals surface area contributed by atoms with Gasteiger partial charge in [0.15, 0.2) is 11.5 Å². The van der Waals surface area contributed by atoms with E-state index in [0.29, 0.717) is 23.6 Å². The van der Waals surface area contributed by atoms with E-state index in [9.17, 15) is 4.39 Å². The second-order valence-electron chi connectivity index (χ2n) is 7.46. The molecule has 2 heterocycles. The maximum Gasteiger partial charge on any atom is 0.278 e. The molecule has 0 unspecified atom stereocenters. The Morgan fingerprint density at radius 3 is 2.89 bits per heavy atom. The number of rotatable bonds is 2. The molecule has 5 nitrogen and oxygen atoms in total. The smallest absolute Gasteiger partial charge is 0.278 e. The minimum atomic E-state index is -1.26. The highest BCUT2D eigenvalue weighted by Crippen LogP contribution is 2.51. The maximum absolute atomic E-state index is 14.6. The summed E-state index contributed by atoms with van der Waals surface area (Å²) in [7, 11) is 0. The number of para-hydroxylation sites is 1. The van der Waals surface area contributed by atoms with Crippen LogP contribution in [0.15, 0.2) is 36.4 Å². The average Bonchev–Trinajstić information content (AvgIpc) is 2.99. The lowest BCUT2D eigenvalue weighted by Gasteiger charge is -2.50. The predicted octanol–water partition coefficient (Wildman–Crippen LogP) is 3.28. The van der Waals surface area contributed by atoms with Crippen molar-refractivity contribution >= 4 is 5.69 Å². The number of benzene rings is 2. The van der Waals surface area contributed by atoms with Gasteiger partial charge in [0.25, 0.3) is 5.79 Å². The number of nitrogens with zero attached hydrogens (tertiary/aromatic N) is 2. The predicted molar refractivity (Wildman–Crippen MR) is 98.3 cm³/mol. The Morgan fingerprint density at radius 1 is 1.26 bits per heavy atom. The van der Waals surface area contributed by atoms with Gasteiger partial charge in [-0.1, -0.05) is 6.07 Å². The first kappa shape index (κ1) is 16.4. The quantitative estimate of drug-likeness (QED) is 0.885. The van der Waals surface area contributed by atoms with Crippen molar-refractivity contribution in [1.82, 2.24) is 5.32 Å². The molecule has 2 aromatic rings.